The number of nitrogens with one attached hydrogen (secondary N) is 1. The number of halogens is 2. The topological polar surface area (TPSA) is 122 Å². The summed E-state index contributed by atoms with van der Waals surface area (Å²) in [5, 5.41) is 10.3. The van der Waals surface area contributed by atoms with E-state index in [0.717, 1.165) is 22.8 Å². The molecule has 0 spiro atoms. The Morgan fingerprint density at radius 2 is 1.66 bits per heavy atom. The number of nitrogens with zero attached hydrogens (tertiary/aromatic N) is 5. The molecule has 0 bridgehead atoms. The first-order valence-electron chi connectivity index (χ1n) is 10.2. The first-order chi connectivity index (χ1) is 16.8. The van der Waals surface area contributed by atoms with Gasteiger partial charge >= 0.3 is 0 Å². The van der Waals surface area contributed by atoms with Crippen LogP contribution in [0.5, 0.6) is 17.2 Å². The molecule has 1 amide bonds. The Bertz CT molecular complexity index is 1420. The molecule has 182 valence electrons. The molecular weight excluding hydrogens is 466 g/mol. The van der Waals surface area contributed by atoms with E-state index in [1.807, 2.05) is 0 Å². The van der Waals surface area contributed by atoms with E-state index < -0.39 is 23.1 Å². The lowest BCUT2D eigenvalue weighted by Gasteiger charge is -2.14. The van der Waals surface area contributed by atoms with Crippen molar-refractivity contribution in [2.75, 3.05) is 26.6 Å². The summed E-state index contributed by atoms with van der Waals surface area (Å²) in [4.78, 5) is 29.6. The van der Waals surface area contributed by atoms with Crippen molar-refractivity contribution in [3.8, 4) is 17.2 Å². The first kappa shape index (κ1) is 23.6. The molecule has 0 aliphatic carbocycles. The molecular formula is C22H20F2N6O5. The zero-order valence-corrected chi connectivity index (χ0v) is 18.9. The number of carbonyl (C=O) groups is 1. The maximum absolute atomic E-state index is 13.5. The number of ether oxygens (including phenoxy) is 3. The van der Waals surface area contributed by atoms with Crippen molar-refractivity contribution < 1.29 is 27.8 Å². The largest absolute Gasteiger partial charge is 0.493 e. The lowest BCUT2D eigenvalue weighted by molar-refractivity contribution is -0.116. The summed E-state index contributed by atoms with van der Waals surface area (Å²) in [7, 11) is 4.35. The van der Waals surface area contributed by atoms with Gasteiger partial charge in [-0.25, -0.2) is 18.4 Å². The number of hydrogen-bond donors (Lipinski definition) is 1. The van der Waals surface area contributed by atoms with Gasteiger partial charge < -0.3 is 19.5 Å². The van der Waals surface area contributed by atoms with E-state index in [-0.39, 0.29) is 29.8 Å². The Hall–Kier alpha value is -4.55. The number of anilines is 1. The van der Waals surface area contributed by atoms with Crippen LogP contribution >= 0.6 is 0 Å². The van der Waals surface area contributed by atoms with Crippen molar-refractivity contribution in [2.45, 2.75) is 13.1 Å². The lowest BCUT2D eigenvalue weighted by atomic mass is 10.2. The number of rotatable bonds is 8. The molecule has 0 unspecified atom stereocenters. The summed E-state index contributed by atoms with van der Waals surface area (Å²) >= 11 is 0. The number of aromatic nitrogens is 5. The van der Waals surface area contributed by atoms with Gasteiger partial charge in [-0.05, 0) is 17.7 Å². The molecule has 0 saturated heterocycles. The highest BCUT2D eigenvalue weighted by atomic mass is 19.1. The smallest absolute Gasteiger partial charge is 0.283 e. The van der Waals surface area contributed by atoms with Crippen LogP contribution in [-0.2, 0) is 17.9 Å². The summed E-state index contributed by atoms with van der Waals surface area (Å²) in [6.07, 6.45) is 1.17. The molecule has 2 heterocycles. The molecule has 0 atom stereocenters. The van der Waals surface area contributed by atoms with Crippen molar-refractivity contribution in [1.29, 1.82) is 0 Å². The highest BCUT2D eigenvalue weighted by molar-refractivity contribution is 5.91. The maximum Gasteiger partial charge on any atom is 0.283 e. The van der Waals surface area contributed by atoms with E-state index in [2.05, 4.69) is 20.6 Å². The predicted molar refractivity (Wildman–Crippen MR) is 120 cm³/mol. The van der Waals surface area contributed by atoms with E-state index in [9.17, 15) is 18.4 Å². The minimum absolute atomic E-state index is 0.0523. The second-order valence-corrected chi connectivity index (χ2v) is 7.34. The molecule has 1 N–H and O–H groups in total. The Labute approximate surface area is 196 Å². The normalized spacial score (nSPS) is 10.9. The summed E-state index contributed by atoms with van der Waals surface area (Å²) in [5.74, 6) is -0.946. The van der Waals surface area contributed by atoms with Crippen LogP contribution in [0.2, 0.25) is 0 Å². The second-order valence-electron chi connectivity index (χ2n) is 7.34. The molecule has 13 heteroatoms. The number of fused-ring (bicyclic) bond motifs is 1. The first-order valence-corrected chi connectivity index (χ1v) is 10.2. The molecule has 4 rings (SSSR count). The van der Waals surface area contributed by atoms with Crippen molar-refractivity contribution in [1.82, 2.24) is 24.5 Å². The molecule has 0 fully saturated rings. The zero-order chi connectivity index (χ0) is 25.1. The fourth-order valence-corrected chi connectivity index (χ4v) is 3.49. The van der Waals surface area contributed by atoms with Crippen LogP contribution in [0.1, 0.15) is 5.56 Å². The Morgan fingerprint density at radius 3 is 2.26 bits per heavy atom. The van der Waals surface area contributed by atoms with Crippen LogP contribution < -0.4 is 25.1 Å². The van der Waals surface area contributed by atoms with Crippen molar-refractivity contribution >= 4 is 22.8 Å². The fourth-order valence-electron chi connectivity index (χ4n) is 3.49. The molecule has 2 aromatic heterocycles. The van der Waals surface area contributed by atoms with E-state index in [1.54, 1.807) is 12.1 Å². The summed E-state index contributed by atoms with van der Waals surface area (Å²) in [5.41, 5.74) is 0.0579. The van der Waals surface area contributed by atoms with Gasteiger partial charge in [-0.15, -0.1) is 5.10 Å². The molecule has 0 radical (unpaired) electrons. The van der Waals surface area contributed by atoms with Crippen LogP contribution in [0, 0.1) is 11.6 Å². The zero-order valence-electron chi connectivity index (χ0n) is 18.9. The van der Waals surface area contributed by atoms with Gasteiger partial charge in [0, 0.05) is 23.9 Å². The van der Waals surface area contributed by atoms with Gasteiger partial charge in [0.25, 0.3) is 5.56 Å². The standard InChI is InChI=1S/C22H20F2N6O5/c1-33-16-7-15(8-17(34-2)20(16)35-3)26-18(31)10-29-11-25-21-19(22(29)32)27-28-30(21)9-12-4-13(23)6-14(24)5-12/h4-8,11H,9-10H2,1-3H3,(H,26,31). The Balaban J connectivity index is 1.55. The van der Waals surface area contributed by atoms with E-state index in [1.165, 1.54) is 32.3 Å². The fraction of sp³-hybridized carbons (Fsp3) is 0.227. The van der Waals surface area contributed by atoms with E-state index in [0.29, 0.717) is 22.9 Å². The van der Waals surface area contributed by atoms with Crippen molar-refractivity contribution in [3.05, 3.63) is 64.2 Å². The van der Waals surface area contributed by atoms with Gasteiger partial charge in [0.15, 0.2) is 22.7 Å². The number of methoxy groups -OCH3 is 3. The molecule has 0 aliphatic heterocycles. The maximum atomic E-state index is 13.5. The average Bonchev–Trinajstić information content (AvgIpc) is 3.22. The second kappa shape index (κ2) is 9.75. The predicted octanol–water partition coefficient (Wildman–Crippen LogP) is 1.98. The number of hydrogen-bond acceptors (Lipinski definition) is 8. The van der Waals surface area contributed by atoms with E-state index >= 15 is 0 Å². The Morgan fingerprint density at radius 1 is 1.00 bits per heavy atom. The van der Waals surface area contributed by atoms with Gasteiger partial charge in [-0.3, -0.25) is 14.2 Å². The molecule has 4 aromatic rings. The van der Waals surface area contributed by atoms with Crippen LogP contribution in [0.3, 0.4) is 0 Å². The minimum Gasteiger partial charge on any atom is -0.493 e. The Kier molecular flexibility index (Phi) is 6.57. The van der Waals surface area contributed by atoms with Crippen LogP contribution in [0.4, 0.5) is 14.5 Å². The molecule has 0 aliphatic rings. The molecule has 11 nitrogen and oxygen atoms in total. The van der Waals surface area contributed by atoms with Crippen LogP contribution in [0.15, 0.2) is 41.5 Å². The number of carbonyl (C=O) groups excluding carboxylic acids is 1. The lowest BCUT2D eigenvalue weighted by Crippen LogP contribution is -2.28. The van der Waals surface area contributed by atoms with E-state index in [4.69, 9.17) is 14.2 Å². The van der Waals surface area contributed by atoms with Crippen molar-refractivity contribution in [3.63, 3.8) is 0 Å². The third kappa shape index (κ3) is 4.88. The van der Waals surface area contributed by atoms with Crippen molar-refractivity contribution in [2.24, 2.45) is 0 Å². The van der Waals surface area contributed by atoms with Crippen LogP contribution in [0.25, 0.3) is 11.2 Å². The van der Waals surface area contributed by atoms with Gasteiger partial charge in [-0.2, -0.15) is 0 Å². The molecule has 2 aromatic carbocycles. The summed E-state index contributed by atoms with van der Waals surface area (Å²) < 4.78 is 45.0. The van der Waals surface area contributed by atoms with Gasteiger partial charge in [0.2, 0.25) is 11.7 Å². The monoisotopic (exact) mass is 486 g/mol. The SMILES string of the molecule is COc1cc(NC(=O)Cn2cnc3c(nnn3Cc3cc(F)cc(F)c3)c2=O)cc(OC)c1OC. The molecule has 35 heavy (non-hydrogen) atoms. The minimum atomic E-state index is -0.738. The highest BCUT2D eigenvalue weighted by Gasteiger charge is 2.17. The third-order valence-electron chi connectivity index (χ3n) is 5.01. The number of amides is 1. The molecule has 0 saturated carbocycles. The summed E-state index contributed by atoms with van der Waals surface area (Å²) in [6, 6.07) is 6.13. The highest BCUT2D eigenvalue weighted by Crippen LogP contribution is 2.39. The third-order valence-corrected chi connectivity index (χ3v) is 5.01. The van der Waals surface area contributed by atoms with Crippen LogP contribution in [-0.4, -0.2) is 51.8 Å². The average molecular weight is 486 g/mol. The van der Waals surface area contributed by atoms with Gasteiger partial charge in [0.1, 0.15) is 24.5 Å². The summed E-state index contributed by atoms with van der Waals surface area (Å²) in [6.45, 7) is -0.413. The quantitative estimate of drug-likeness (QED) is 0.401. The van der Waals surface area contributed by atoms with Gasteiger partial charge in [0.05, 0.1) is 27.9 Å². The van der Waals surface area contributed by atoms with Gasteiger partial charge in [-0.1, -0.05) is 5.21 Å². The number of benzene rings is 2.